The second-order valence-electron chi connectivity index (χ2n) is 6.25. The minimum Gasteiger partial charge on any atom is -0.497 e. The van der Waals surface area contributed by atoms with Crippen LogP contribution < -0.4 is 20.1 Å². The number of ether oxygens (including phenoxy) is 1. The van der Waals surface area contributed by atoms with Gasteiger partial charge in [-0.15, -0.1) is 0 Å². The third kappa shape index (κ3) is 5.90. The normalized spacial score (nSPS) is 11.2. The summed E-state index contributed by atoms with van der Waals surface area (Å²) in [5.74, 6) is 0.281. The number of hydrogen-bond acceptors (Lipinski definition) is 6. The van der Waals surface area contributed by atoms with Crippen LogP contribution in [0.5, 0.6) is 5.75 Å². The van der Waals surface area contributed by atoms with Gasteiger partial charge in [-0.2, -0.15) is 5.26 Å². The van der Waals surface area contributed by atoms with E-state index in [4.69, 9.17) is 10.00 Å². The van der Waals surface area contributed by atoms with Crippen LogP contribution in [0.4, 0.5) is 16.4 Å². The molecule has 3 aromatic rings. The van der Waals surface area contributed by atoms with Gasteiger partial charge in [0.15, 0.2) is 0 Å². The fourth-order valence-corrected chi connectivity index (χ4v) is 3.77. The number of nitrogens with one attached hydrogen (secondary N) is 3. The van der Waals surface area contributed by atoms with Crippen LogP contribution in [0.15, 0.2) is 65.8 Å². The van der Waals surface area contributed by atoms with Gasteiger partial charge in [-0.3, -0.25) is 14.8 Å². The number of amides is 3. The van der Waals surface area contributed by atoms with Gasteiger partial charge in [0.25, 0.3) is 5.91 Å². The standard InChI is InChI=1S/C22H20N6O3S/c1-3-32(19-9-7-15(12-23)8-10-19)28-22(30)26-17-13-24-21(25-14-17)27-20(29)16-5-4-6-18(11-16)31-2/h3-11,13-14H,1-2H3,(H2,26,28,30)(H,24,25,27,29). The van der Waals surface area contributed by atoms with Crippen molar-refractivity contribution in [3.05, 3.63) is 72.1 Å². The van der Waals surface area contributed by atoms with Crippen molar-refractivity contribution in [3.8, 4) is 11.8 Å². The largest absolute Gasteiger partial charge is 0.497 e. The van der Waals surface area contributed by atoms with E-state index in [1.165, 1.54) is 19.5 Å². The molecule has 2 aromatic carbocycles. The van der Waals surface area contributed by atoms with Gasteiger partial charge in [-0.25, -0.2) is 14.8 Å². The summed E-state index contributed by atoms with van der Waals surface area (Å²) in [6.45, 7) is 1.84. The average molecular weight is 449 g/mol. The van der Waals surface area contributed by atoms with Crippen molar-refractivity contribution in [2.45, 2.75) is 11.8 Å². The molecular formula is C22H20N6O3S. The highest BCUT2D eigenvalue weighted by Crippen LogP contribution is 2.22. The Labute approximate surface area is 187 Å². The summed E-state index contributed by atoms with van der Waals surface area (Å²) in [6.07, 6.45) is 2.78. The minimum atomic E-state index is -0.650. The van der Waals surface area contributed by atoms with Crippen LogP contribution in [0, 0.1) is 11.3 Å². The highest BCUT2D eigenvalue weighted by molar-refractivity contribution is 8.13. The molecule has 1 unspecified atom stereocenters. The van der Waals surface area contributed by atoms with E-state index in [1.54, 1.807) is 48.5 Å². The Balaban J connectivity index is 1.59. The highest BCUT2D eigenvalue weighted by atomic mass is 32.2. The summed E-state index contributed by atoms with van der Waals surface area (Å²) in [6, 6.07) is 15.3. The molecule has 3 rings (SSSR count). The molecule has 0 aliphatic heterocycles. The van der Waals surface area contributed by atoms with Crippen molar-refractivity contribution >= 4 is 39.6 Å². The van der Waals surface area contributed by atoms with Gasteiger partial charge in [-0.05, 0) is 54.8 Å². The van der Waals surface area contributed by atoms with Gasteiger partial charge >= 0.3 is 6.03 Å². The molecule has 1 aromatic heterocycles. The predicted molar refractivity (Wildman–Crippen MR) is 124 cm³/mol. The molecule has 0 fully saturated rings. The van der Waals surface area contributed by atoms with Crippen molar-refractivity contribution in [2.75, 3.05) is 17.7 Å². The average Bonchev–Trinajstić information content (AvgIpc) is 2.84. The van der Waals surface area contributed by atoms with E-state index in [1.807, 2.05) is 12.3 Å². The van der Waals surface area contributed by atoms with E-state index in [0.717, 1.165) is 4.90 Å². The number of hydrogen-bond donors (Lipinski definition) is 3. The lowest BCUT2D eigenvalue weighted by Crippen LogP contribution is -2.25. The third-order valence-electron chi connectivity index (χ3n) is 4.14. The number of carbonyl (C=O) groups is 2. The summed E-state index contributed by atoms with van der Waals surface area (Å²) in [5.41, 5.74) is 1.31. The molecule has 1 atom stereocenters. The predicted octanol–water partition coefficient (Wildman–Crippen LogP) is 3.80. The van der Waals surface area contributed by atoms with Crippen molar-refractivity contribution in [1.82, 2.24) is 14.7 Å². The summed E-state index contributed by atoms with van der Waals surface area (Å²) >= 11 is 0. The molecule has 9 nitrogen and oxygen atoms in total. The van der Waals surface area contributed by atoms with Gasteiger partial charge in [0.05, 0.1) is 36.8 Å². The third-order valence-corrected chi connectivity index (χ3v) is 5.80. The number of nitrogens with zero attached hydrogens (tertiary/aromatic N) is 3. The molecule has 10 heteroatoms. The molecule has 32 heavy (non-hydrogen) atoms. The SMILES string of the molecule is C/C=S(\NC(=O)Nc1cnc(NC(=O)c2cccc(OC)c2)nc1)c1ccc(C#N)cc1. The van der Waals surface area contributed by atoms with Gasteiger partial charge in [0.2, 0.25) is 5.95 Å². The smallest absolute Gasteiger partial charge is 0.329 e. The van der Waals surface area contributed by atoms with Gasteiger partial charge < -0.3 is 10.1 Å². The first kappa shape index (κ1) is 22.5. The van der Waals surface area contributed by atoms with E-state index in [9.17, 15) is 9.59 Å². The lowest BCUT2D eigenvalue weighted by atomic mass is 10.2. The number of nitriles is 1. The fraction of sp³-hybridized carbons (Fsp3) is 0.0909. The number of carbonyl (C=O) groups excluding carboxylic acids is 2. The van der Waals surface area contributed by atoms with Crippen molar-refractivity contribution < 1.29 is 14.3 Å². The first-order valence-electron chi connectivity index (χ1n) is 9.40. The number of anilines is 2. The number of rotatable bonds is 6. The van der Waals surface area contributed by atoms with Gasteiger partial charge in [-0.1, -0.05) is 16.7 Å². The van der Waals surface area contributed by atoms with Crippen molar-refractivity contribution in [2.24, 2.45) is 0 Å². The summed E-state index contributed by atoms with van der Waals surface area (Å²) < 4.78 is 7.96. The zero-order valence-electron chi connectivity index (χ0n) is 17.3. The Hall–Kier alpha value is -4.23. The van der Waals surface area contributed by atoms with E-state index in [0.29, 0.717) is 22.6 Å². The van der Waals surface area contributed by atoms with Crippen molar-refractivity contribution in [3.63, 3.8) is 0 Å². The molecule has 0 aliphatic rings. The van der Waals surface area contributed by atoms with Crippen LogP contribution in [-0.4, -0.2) is 34.4 Å². The molecule has 3 amide bonds. The Bertz CT molecular complexity index is 1190. The Morgan fingerprint density at radius 3 is 2.44 bits per heavy atom. The monoisotopic (exact) mass is 448 g/mol. The second-order valence-corrected chi connectivity index (χ2v) is 8.07. The second kappa shape index (κ2) is 10.7. The van der Waals surface area contributed by atoms with Gasteiger partial charge in [0.1, 0.15) is 5.75 Å². The van der Waals surface area contributed by atoms with E-state index in [-0.39, 0.29) is 11.9 Å². The Kier molecular flexibility index (Phi) is 7.51. The number of aromatic nitrogens is 2. The fourth-order valence-electron chi connectivity index (χ4n) is 2.58. The quantitative estimate of drug-likeness (QED) is 0.492. The zero-order valence-corrected chi connectivity index (χ0v) is 18.1. The van der Waals surface area contributed by atoms with Crippen LogP contribution in [0.25, 0.3) is 0 Å². The van der Waals surface area contributed by atoms with Gasteiger partial charge in [0, 0.05) is 10.5 Å². The molecule has 0 radical (unpaired) electrons. The van der Waals surface area contributed by atoms with Crippen LogP contribution in [0.1, 0.15) is 22.8 Å². The topological polar surface area (TPSA) is 129 Å². The molecule has 0 saturated carbocycles. The Morgan fingerprint density at radius 1 is 1.09 bits per heavy atom. The van der Waals surface area contributed by atoms with Crippen LogP contribution in [0.3, 0.4) is 0 Å². The lowest BCUT2D eigenvalue weighted by molar-refractivity contribution is 0.102. The number of methoxy groups -OCH3 is 1. The molecule has 0 spiro atoms. The van der Waals surface area contributed by atoms with Crippen molar-refractivity contribution in [1.29, 1.82) is 5.26 Å². The van der Waals surface area contributed by atoms with Crippen LogP contribution >= 0.6 is 10.7 Å². The maximum Gasteiger partial charge on any atom is 0.329 e. The maximum absolute atomic E-state index is 12.4. The molecule has 162 valence electrons. The first-order chi connectivity index (χ1) is 15.5. The zero-order chi connectivity index (χ0) is 22.9. The Morgan fingerprint density at radius 2 is 1.81 bits per heavy atom. The summed E-state index contributed by atoms with van der Waals surface area (Å²) in [7, 11) is 0.872. The van der Waals surface area contributed by atoms with Crippen LogP contribution in [-0.2, 0) is 0 Å². The number of urea groups is 1. The highest BCUT2D eigenvalue weighted by Gasteiger charge is 2.10. The molecule has 0 aliphatic carbocycles. The lowest BCUT2D eigenvalue weighted by Gasteiger charge is -2.12. The van der Waals surface area contributed by atoms with E-state index in [2.05, 4.69) is 31.4 Å². The van der Waals surface area contributed by atoms with E-state index < -0.39 is 16.7 Å². The molecule has 0 saturated heterocycles. The van der Waals surface area contributed by atoms with E-state index >= 15 is 0 Å². The molecule has 3 N–H and O–H groups in total. The summed E-state index contributed by atoms with van der Waals surface area (Å²) in [5, 5.41) is 16.0. The molecular weight excluding hydrogens is 428 g/mol. The minimum absolute atomic E-state index is 0.100. The first-order valence-corrected chi connectivity index (χ1v) is 10.7. The number of benzene rings is 2. The van der Waals surface area contributed by atoms with Crippen LogP contribution in [0.2, 0.25) is 0 Å². The summed E-state index contributed by atoms with van der Waals surface area (Å²) in [4.78, 5) is 33.7. The maximum atomic E-state index is 12.4. The molecule has 0 bridgehead atoms. The molecule has 1 heterocycles.